The zero-order valence-corrected chi connectivity index (χ0v) is 8.47. The number of nitrogens with zero attached hydrogens (tertiary/aromatic N) is 2. The van der Waals surface area contributed by atoms with E-state index in [0.717, 1.165) is 11.6 Å². The number of hydrogen-bond acceptors (Lipinski definition) is 3. The van der Waals surface area contributed by atoms with Crippen LogP contribution in [0.15, 0.2) is 30.6 Å². The summed E-state index contributed by atoms with van der Waals surface area (Å²) in [5, 5.41) is 21.8. The van der Waals surface area contributed by atoms with Gasteiger partial charge in [0, 0.05) is 18.9 Å². The quantitative estimate of drug-likeness (QED) is 0.821. The Bertz CT molecular complexity index is 496. The van der Waals surface area contributed by atoms with E-state index in [2.05, 4.69) is 5.10 Å². The molecule has 84 valence electrons. The molecule has 0 unspecified atom stereocenters. The Morgan fingerprint density at radius 1 is 1.38 bits per heavy atom. The van der Waals surface area contributed by atoms with Crippen LogP contribution >= 0.6 is 0 Å². The summed E-state index contributed by atoms with van der Waals surface area (Å²) in [5.74, 6) is -0.664. The van der Waals surface area contributed by atoms with Crippen molar-refractivity contribution < 1.29 is 14.6 Å². The number of benzene rings is 1. The molecule has 0 aliphatic carbocycles. The van der Waals surface area contributed by atoms with Crippen LogP contribution in [0.2, 0.25) is 0 Å². The fourth-order valence-corrected chi connectivity index (χ4v) is 1.43. The molecule has 0 saturated heterocycles. The van der Waals surface area contributed by atoms with Gasteiger partial charge in [-0.25, -0.2) is 9.07 Å². The third kappa shape index (κ3) is 2.04. The van der Waals surface area contributed by atoms with Crippen LogP contribution in [0.3, 0.4) is 0 Å². The van der Waals surface area contributed by atoms with Gasteiger partial charge in [-0.1, -0.05) is 0 Å². The van der Waals surface area contributed by atoms with Crippen molar-refractivity contribution in [1.82, 2.24) is 9.78 Å². The molecule has 0 saturated carbocycles. The van der Waals surface area contributed by atoms with E-state index in [1.807, 2.05) is 0 Å². The van der Waals surface area contributed by atoms with Gasteiger partial charge in [-0.05, 0) is 24.1 Å². The van der Waals surface area contributed by atoms with Gasteiger partial charge in [-0.15, -0.1) is 0 Å². The van der Waals surface area contributed by atoms with Gasteiger partial charge in [0.1, 0.15) is 11.4 Å². The van der Waals surface area contributed by atoms with Crippen molar-refractivity contribution in [1.29, 1.82) is 0 Å². The molecule has 1 heterocycles. The molecule has 2 rings (SSSR count). The Hall–Kier alpha value is -1.88. The lowest BCUT2D eigenvalue weighted by Gasteiger charge is -2.02. The van der Waals surface area contributed by atoms with E-state index < -0.39 is 5.82 Å². The van der Waals surface area contributed by atoms with Crippen molar-refractivity contribution in [3.8, 4) is 11.4 Å². The predicted octanol–water partition coefficient (Wildman–Crippen LogP) is 1.25. The molecule has 0 aliphatic heterocycles. The smallest absolute Gasteiger partial charge is 0.152 e. The van der Waals surface area contributed by atoms with Crippen molar-refractivity contribution in [2.75, 3.05) is 6.61 Å². The minimum Gasteiger partial charge on any atom is -0.508 e. The number of aliphatic hydroxyl groups excluding tert-OH is 1. The summed E-state index contributed by atoms with van der Waals surface area (Å²) in [6, 6.07) is 3.87. The van der Waals surface area contributed by atoms with Crippen LogP contribution in [0.1, 0.15) is 5.56 Å². The first-order valence-corrected chi connectivity index (χ1v) is 4.84. The van der Waals surface area contributed by atoms with E-state index in [4.69, 9.17) is 10.2 Å². The number of aliphatic hydroxyl groups is 1. The van der Waals surface area contributed by atoms with Gasteiger partial charge >= 0.3 is 0 Å². The van der Waals surface area contributed by atoms with Crippen LogP contribution < -0.4 is 0 Å². The molecule has 0 spiro atoms. The molecule has 0 radical (unpaired) electrons. The van der Waals surface area contributed by atoms with Crippen LogP contribution in [-0.2, 0) is 6.42 Å². The van der Waals surface area contributed by atoms with Crippen LogP contribution in [0.5, 0.6) is 5.75 Å². The van der Waals surface area contributed by atoms with Gasteiger partial charge in [0.25, 0.3) is 0 Å². The van der Waals surface area contributed by atoms with Crippen molar-refractivity contribution in [3.63, 3.8) is 0 Å². The van der Waals surface area contributed by atoms with E-state index in [1.165, 1.54) is 16.8 Å². The topological polar surface area (TPSA) is 58.3 Å². The van der Waals surface area contributed by atoms with Crippen LogP contribution in [0, 0.1) is 5.82 Å². The van der Waals surface area contributed by atoms with Crippen LogP contribution in [-0.4, -0.2) is 26.6 Å². The van der Waals surface area contributed by atoms with E-state index in [0.29, 0.717) is 6.42 Å². The summed E-state index contributed by atoms with van der Waals surface area (Å²) in [5.41, 5.74) is 1.09. The van der Waals surface area contributed by atoms with Gasteiger partial charge in [0.2, 0.25) is 0 Å². The Morgan fingerprint density at radius 2 is 2.19 bits per heavy atom. The van der Waals surface area contributed by atoms with Gasteiger partial charge in [-0.2, -0.15) is 5.10 Å². The molecule has 0 fully saturated rings. The molecule has 0 bridgehead atoms. The van der Waals surface area contributed by atoms with Gasteiger partial charge in [-0.3, -0.25) is 0 Å². The van der Waals surface area contributed by atoms with Crippen LogP contribution in [0.4, 0.5) is 4.39 Å². The summed E-state index contributed by atoms with van der Waals surface area (Å²) in [7, 11) is 0. The lowest BCUT2D eigenvalue weighted by atomic mass is 10.2. The standard InChI is InChI=1S/C11H11FN2O2/c12-10-5-9(16)1-2-11(10)14-7-8(3-4-15)6-13-14/h1-2,5-7,15-16H,3-4H2. The van der Waals surface area contributed by atoms with E-state index in [9.17, 15) is 4.39 Å². The highest BCUT2D eigenvalue weighted by atomic mass is 19.1. The molecule has 2 aromatic rings. The Balaban J connectivity index is 2.35. The van der Waals surface area contributed by atoms with Crippen molar-refractivity contribution in [3.05, 3.63) is 42.0 Å². The average Bonchev–Trinajstić information content (AvgIpc) is 2.67. The first-order valence-electron chi connectivity index (χ1n) is 4.84. The maximum Gasteiger partial charge on any atom is 0.152 e. The first kappa shape index (κ1) is 10.6. The van der Waals surface area contributed by atoms with E-state index >= 15 is 0 Å². The molecule has 0 amide bonds. The number of phenolic OH excluding ortho intramolecular Hbond substituents is 1. The van der Waals surface area contributed by atoms with E-state index in [-0.39, 0.29) is 18.0 Å². The number of phenols is 1. The van der Waals surface area contributed by atoms with Crippen LogP contribution in [0.25, 0.3) is 5.69 Å². The number of hydrogen-bond donors (Lipinski definition) is 2. The molecular formula is C11H11FN2O2. The Labute approximate surface area is 91.6 Å². The second kappa shape index (κ2) is 4.32. The number of aromatic hydroxyl groups is 1. The summed E-state index contributed by atoms with van der Waals surface area (Å²) in [6.07, 6.45) is 3.70. The summed E-state index contributed by atoms with van der Waals surface area (Å²) in [4.78, 5) is 0. The van der Waals surface area contributed by atoms with Crippen molar-refractivity contribution >= 4 is 0 Å². The average molecular weight is 222 g/mol. The molecule has 2 N–H and O–H groups in total. The third-order valence-corrected chi connectivity index (χ3v) is 2.21. The van der Waals surface area contributed by atoms with Gasteiger partial charge in [0.05, 0.1) is 6.20 Å². The molecule has 1 aromatic carbocycles. The second-order valence-electron chi connectivity index (χ2n) is 3.40. The number of halogens is 1. The summed E-state index contributed by atoms with van der Waals surface area (Å²) in [6.45, 7) is 0.0315. The zero-order chi connectivity index (χ0) is 11.5. The minimum atomic E-state index is -0.543. The molecular weight excluding hydrogens is 211 g/mol. The molecule has 0 atom stereocenters. The maximum atomic E-state index is 13.5. The predicted molar refractivity (Wildman–Crippen MR) is 56.0 cm³/mol. The minimum absolute atomic E-state index is 0.0315. The number of aromatic nitrogens is 2. The largest absolute Gasteiger partial charge is 0.508 e. The lowest BCUT2D eigenvalue weighted by molar-refractivity contribution is 0.299. The number of rotatable bonds is 3. The monoisotopic (exact) mass is 222 g/mol. The lowest BCUT2D eigenvalue weighted by Crippen LogP contribution is -1.97. The highest BCUT2D eigenvalue weighted by molar-refractivity contribution is 5.38. The fourth-order valence-electron chi connectivity index (χ4n) is 1.43. The van der Waals surface area contributed by atoms with Gasteiger partial charge in [0.15, 0.2) is 5.82 Å². The van der Waals surface area contributed by atoms with Gasteiger partial charge < -0.3 is 10.2 Å². The molecule has 4 nitrogen and oxygen atoms in total. The third-order valence-electron chi connectivity index (χ3n) is 2.21. The summed E-state index contributed by atoms with van der Waals surface area (Å²) < 4.78 is 14.8. The Morgan fingerprint density at radius 3 is 2.88 bits per heavy atom. The fraction of sp³-hybridized carbons (Fsp3) is 0.182. The molecule has 16 heavy (non-hydrogen) atoms. The normalized spacial score (nSPS) is 10.6. The van der Waals surface area contributed by atoms with E-state index in [1.54, 1.807) is 12.4 Å². The first-order chi connectivity index (χ1) is 7.70. The van der Waals surface area contributed by atoms with Crippen molar-refractivity contribution in [2.24, 2.45) is 0 Å². The zero-order valence-electron chi connectivity index (χ0n) is 8.47. The van der Waals surface area contributed by atoms with Crippen molar-refractivity contribution in [2.45, 2.75) is 6.42 Å². The maximum absolute atomic E-state index is 13.5. The SMILES string of the molecule is OCCc1cnn(-c2ccc(O)cc2F)c1. The Kier molecular flexibility index (Phi) is 2.87. The highest BCUT2D eigenvalue weighted by Crippen LogP contribution is 2.18. The summed E-state index contributed by atoms with van der Waals surface area (Å²) >= 11 is 0. The highest BCUT2D eigenvalue weighted by Gasteiger charge is 2.07. The molecule has 0 aliphatic rings. The second-order valence-corrected chi connectivity index (χ2v) is 3.40. The molecule has 5 heteroatoms. The molecule has 1 aromatic heterocycles.